The SMILES string of the molecule is COCCOc1nc(N)c2nc(OC)n(Cc3ccc(CN(C)CCCNCc4cccc(CC(=O)OC)c4)cc3)c2n1. The van der Waals surface area contributed by atoms with Crippen molar-refractivity contribution < 1.29 is 23.7 Å². The van der Waals surface area contributed by atoms with Gasteiger partial charge in [-0.25, -0.2) is 0 Å². The molecule has 2 aromatic carbocycles. The lowest BCUT2D eigenvalue weighted by Gasteiger charge is -2.17. The Kier molecular flexibility index (Phi) is 11.7. The number of aromatic nitrogens is 4. The van der Waals surface area contributed by atoms with Crippen molar-refractivity contribution in [3.05, 3.63) is 70.8 Å². The van der Waals surface area contributed by atoms with Crippen molar-refractivity contribution in [3.8, 4) is 12.0 Å². The molecule has 0 aliphatic carbocycles. The minimum Gasteiger partial charge on any atom is -0.469 e. The number of nitrogens with one attached hydrogen (secondary N) is 1. The van der Waals surface area contributed by atoms with Gasteiger partial charge in [0.05, 0.1) is 33.8 Å². The third-order valence-electron chi connectivity index (χ3n) is 6.87. The van der Waals surface area contributed by atoms with Crippen LogP contribution in [-0.2, 0) is 40.3 Å². The molecule has 0 aliphatic rings. The largest absolute Gasteiger partial charge is 0.469 e. The van der Waals surface area contributed by atoms with Crippen LogP contribution in [0.1, 0.15) is 28.7 Å². The third kappa shape index (κ3) is 9.11. The molecule has 0 atom stereocenters. The van der Waals surface area contributed by atoms with E-state index in [1.54, 1.807) is 14.2 Å². The molecule has 12 nitrogen and oxygen atoms in total. The maximum atomic E-state index is 11.5. The van der Waals surface area contributed by atoms with Crippen LogP contribution in [0, 0.1) is 0 Å². The molecule has 0 fully saturated rings. The van der Waals surface area contributed by atoms with Crippen LogP contribution in [0.25, 0.3) is 11.2 Å². The molecule has 0 saturated heterocycles. The Hall–Kier alpha value is -4.26. The van der Waals surface area contributed by atoms with E-state index in [0.29, 0.717) is 43.4 Å². The lowest BCUT2D eigenvalue weighted by molar-refractivity contribution is -0.139. The zero-order chi connectivity index (χ0) is 30.6. The highest BCUT2D eigenvalue weighted by molar-refractivity contribution is 5.83. The maximum Gasteiger partial charge on any atom is 0.320 e. The predicted octanol–water partition coefficient (Wildman–Crippen LogP) is 2.82. The standard InChI is InChI=1S/C31H41N7O5/c1-37(14-6-13-33-19-25-8-5-7-24(17-25)18-26(39)41-3)20-22-9-11-23(12-10-22)21-38-29-27(34-31(38)42-4)28(32)35-30(36-29)43-16-15-40-2/h5,7-12,17,33H,6,13-16,18-21H2,1-4H3,(H2,32,35,36). The number of carbonyl (C=O) groups excluding carboxylic acids is 1. The van der Waals surface area contributed by atoms with E-state index in [9.17, 15) is 4.79 Å². The Labute approximate surface area is 252 Å². The second-order valence-electron chi connectivity index (χ2n) is 10.2. The first-order valence-corrected chi connectivity index (χ1v) is 14.2. The summed E-state index contributed by atoms with van der Waals surface area (Å²) in [6, 6.07) is 17.1. The summed E-state index contributed by atoms with van der Waals surface area (Å²) in [6.07, 6.45) is 1.31. The second-order valence-corrected chi connectivity index (χ2v) is 10.2. The van der Waals surface area contributed by atoms with Gasteiger partial charge in [0.2, 0.25) is 0 Å². The third-order valence-corrected chi connectivity index (χ3v) is 6.87. The number of esters is 1. The molecule has 0 spiro atoms. The van der Waals surface area contributed by atoms with E-state index in [-0.39, 0.29) is 17.8 Å². The Morgan fingerprint density at radius 3 is 2.49 bits per heavy atom. The second kappa shape index (κ2) is 15.8. The summed E-state index contributed by atoms with van der Waals surface area (Å²) in [4.78, 5) is 27.0. The number of anilines is 1. The highest BCUT2D eigenvalue weighted by Gasteiger charge is 2.18. The summed E-state index contributed by atoms with van der Waals surface area (Å²) >= 11 is 0. The highest BCUT2D eigenvalue weighted by atomic mass is 16.5. The summed E-state index contributed by atoms with van der Waals surface area (Å²) in [5.74, 6) is 0.00193. The van der Waals surface area contributed by atoms with E-state index in [1.165, 1.54) is 12.7 Å². The molecule has 0 saturated carbocycles. The molecule has 4 rings (SSSR count). The first kappa shape index (κ1) is 31.7. The zero-order valence-electron chi connectivity index (χ0n) is 25.3. The van der Waals surface area contributed by atoms with Crippen molar-refractivity contribution in [2.24, 2.45) is 0 Å². The quantitative estimate of drug-likeness (QED) is 0.138. The van der Waals surface area contributed by atoms with Crippen molar-refractivity contribution in [3.63, 3.8) is 0 Å². The number of nitrogen functional groups attached to an aromatic ring is 1. The molecule has 0 unspecified atom stereocenters. The van der Waals surface area contributed by atoms with Gasteiger partial charge in [-0.1, -0.05) is 48.5 Å². The summed E-state index contributed by atoms with van der Waals surface area (Å²) in [5.41, 5.74) is 11.6. The summed E-state index contributed by atoms with van der Waals surface area (Å²) < 4.78 is 22.8. The molecular formula is C31H41N7O5. The highest BCUT2D eigenvalue weighted by Crippen LogP contribution is 2.26. The Bertz CT molecular complexity index is 1480. The fraction of sp³-hybridized carbons (Fsp3) is 0.419. The van der Waals surface area contributed by atoms with Gasteiger partial charge in [0.1, 0.15) is 6.61 Å². The van der Waals surface area contributed by atoms with Gasteiger partial charge in [0.15, 0.2) is 17.0 Å². The van der Waals surface area contributed by atoms with Gasteiger partial charge in [-0.2, -0.15) is 15.0 Å². The number of nitrogens with zero attached hydrogens (tertiary/aromatic N) is 5. The summed E-state index contributed by atoms with van der Waals surface area (Å²) in [7, 11) is 6.70. The first-order valence-electron chi connectivity index (χ1n) is 14.2. The number of fused-ring (bicyclic) bond motifs is 1. The van der Waals surface area contributed by atoms with Gasteiger partial charge in [0, 0.05) is 20.2 Å². The zero-order valence-corrected chi connectivity index (χ0v) is 25.3. The van der Waals surface area contributed by atoms with Crippen LogP contribution in [0.15, 0.2) is 48.5 Å². The Morgan fingerprint density at radius 1 is 0.977 bits per heavy atom. The number of nitrogens with two attached hydrogens (primary N) is 1. The molecule has 2 heterocycles. The van der Waals surface area contributed by atoms with Gasteiger partial charge in [-0.15, -0.1) is 0 Å². The molecule has 12 heteroatoms. The van der Waals surface area contributed by atoms with Crippen LogP contribution in [0.4, 0.5) is 5.82 Å². The van der Waals surface area contributed by atoms with E-state index in [2.05, 4.69) is 62.5 Å². The topological polar surface area (TPSA) is 139 Å². The summed E-state index contributed by atoms with van der Waals surface area (Å²) in [6.45, 7) is 4.70. The number of imidazole rings is 1. The molecule has 0 amide bonds. The molecule has 230 valence electrons. The fourth-order valence-electron chi connectivity index (χ4n) is 4.68. The van der Waals surface area contributed by atoms with Gasteiger partial charge in [0.25, 0.3) is 6.01 Å². The van der Waals surface area contributed by atoms with Gasteiger partial charge < -0.3 is 34.9 Å². The molecule has 43 heavy (non-hydrogen) atoms. The molecule has 2 aromatic heterocycles. The predicted molar refractivity (Wildman–Crippen MR) is 164 cm³/mol. The molecule has 4 aromatic rings. The fourth-order valence-corrected chi connectivity index (χ4v) is 4.68. The van der Waals surface area contributed by atoms with Crippen LogP contribution < -0.4 is 20.5 Å². The first-order chi connectivity index (χ1) is 20.9. The average Bonchev–Trinajstić information content (AvgIpc) is 3.36. The van der Waals surface area contributed by atoms with E-state index in [0.717, 1.165) is 49.3 Å². The monoisotopic (exact) mass is 591 g/mol. The van der Waals surface area contributed by atoms with Gasteiger partial charge in [-0.05, 0) is 48.8 Å². The van der Waals surface area contributed by atoms with Crippen LogP contribution in [-0.4, -0.2) is 85.1 Å². The number of rotatable bonds is 17. The minimum atomic E-state index is -0.228. The minimum absolute atomic E-state index is 0.171. The van der Waals surface area contributed by atoms with Crippen molar-refractivity contribution >= 4 is 23.0 Å². The number of methoxy groups -OCH3 is 3. The normalized spacial score (nSPS) is 11.3. The number of hydrogen-bond acceptors (Lipinski definition) is 11. The lowest BCUT2D eigenvalue weighted by Crippen LogP contribution is -2.23. The van der Waals surface area contributed by atoms with E-state index in [4.69, 9.17) is 24.7 Å². The van der Waals surface area contributed by atoms with E-state index < -0.39 is 0 Å². The van der Waals surface area contributed by atoms with Gasteiger partial charge in [-0.3, -0.25) is 9.36 Å². The van der Waals surface area contributed by atoms with Crippen LogP contribution in [0.5, 0.6) is 12.0 Å². The Morgan fingerprint density at radius 2 is 1.74 bits per heavy atom. The molecule has 3 N–H and O–H groups in total. The van der Waals surface area contributed by atoms with Crippen LogP contribution >= 0.6 is 0 Å². The average molecular weight is 592 g/mol. The van der Waals surface area contributed by atoms with Crippen molar-refractivity contribution in [2.75, 3.05) is 60.4 Å². The molecule has 0 radical (unpaired) electrons. The Balaban J connectivity index is 1.26. The van der Waals surface area contributed by atoms with Crippen LogP contribution in [0.3, 0.4) is 0 Å². The lowest BCUT2D eigenvalue weighted by atomic mass is 10.1. The summed E-state index contributed by atoms with van der Waals surface area (Å²) in [5, 5.41) is 3.49. The number of hydrogen-bond donors (Lipinski definition) is 2. The number of benzene rings is 2. The van der Waals surface area contributed by atoms with Crippen LogP contribution in [0.2, 0.25) is 0 Å². The molecule has 0 aliphatic heterocycles. The van der Waals surface area contributed by atoms with Gasteiger partial charge >= 0.3 is 12.0 Å². The van der Waals surface area contributed by atoms with E-state index in [1.807, 2.05) is 22.8 Å². The van der Waals surface area contributed by atoms with E-state index >= 15 is 0 Å². The smallest absolute Gasteiger partial charge is 0.320 e. The van der Waals surface area contributed by atoms with Crippen molar-refractivity contribution in [1.29, 1.82) is 0 Å². The molecular weight excluding hydrogens is 550 g/mol. The maximum absolute atomic E-state index is 11.5. The van der Waals surface area contributed by atoms with Crippen molar-refractivity contribution in [1.82, 2.24) is 29.7 Å². The number of carbonyl (C=O) groups is 1. The molecule has 0 bridgehead atoms. The number of ether oxygens (including phenoxy) is 4. The van der Waals surface area contributed by atoms with Crippen molar-refractivity contribution in [2.45, 2.75) is 32.5 Å².